The van der Waals surface area contributed by atoms with Crippen molar-refractivity contribution in [3.05, 3.63) is 0 Å². The van der Waals surface area contributed by atoms with Gasteiger partial charge in [0.2, 0.25) is 0 Å². The van der Waals surface area contributed by atoms with Gasteiger partial charge in [-0.15, -0.1) is 0 Å². The van der Waals surface area contributed by atoms with Crippen LogP contribution in [0.1, 0.15) is 34.1 Å². The molecule has 0 aromatic rings. The van der Waals surface area contributed by atoms with Gasteiger partial charge in [0, 0.05) is 19.8 Å². The van der Waals surface area contributed by atoms with E-state index in [1.807, 2.05) is 0 Å². The first-order valence-electron chi connectivity index (χ1n) is 5.17. The van der Waals surface area contributed by atoms with Crippen LogP contribution in [0.5, 0.6) is 0 Å². The fraction of sp³-hybridized carbons (Fsp3) is 1.00. The number of hydrogen-bond donors (Lipinski definition) is 1. The van der Waals surface area contributed by atoms with Crippen molar-refractivity contribution in [1.29, 1.82) is 0 Å². The van der Waals surface area contributed by atoms with E-state index in [0.717, 1.165) is 19.6 Å². The van der Waals surface area contributed by atoms with E-state index >= 15 is 0 Å². The van der Waals surface area contributed by atoms with Crippen LogP contribution >= 0.6 is 0 Å². The molecule has 0 aromatic carbocycles. The third-order valence-corrected chi connectivity index (χ3v) is 3.89. The van der Waals surface area contributed by atoms with Crippen molar-refractivity contribution in [1.82, 2.24) is 5.32 Å². The molecule has 1 rings (SSSR count). The molecule has 0 atom stereocenters. The van der Waals surface area contributed by atoms with E-state index < -0.39 is 0 Å². The summed E-state index contributed by atoms with van der Waals surface area (Å²) in [4.78, 5) is 0. The van der Waals surface area contributed by atoms with Crippen LogP contribution < -0.4 is 5.32 Å². The molecule has 2 nitrogen and oxygen atoms in total. The van der Waals surface area contributed by atoms with Gasteiger partial charge in [-0.3, -0.25) is 0 Å². The van der Waals surface area contributed by atoms with E-state index in [0.29, 0.717) is 16.9 Å². The van der Waals surface area contributed by atoms with Crippen LogP contribution in [0.25, 0.3) is 0 Å². The molecule has 0 saturated heterocycles. The third-order valence-electron chi connectivity index (χ3n) is 3.89. The zero-order chi connectivity index (χ0) is 10.1. The maximum Gasteiger partial charge on any atom is 0.0474 e. The Balaban J connectivity index is 2.19. The maximum atomic E-state index is 5.01. The van der Waals surface area contributed by atoms with Crippen molar-refractivity contribution in [2.45, 2.75) is 40.2 Å². The predicted molar refractivity (Wildman–Crippen MR) is 55.8 cm³/mol. The maximum absolute atomic E-state index is 5.01. The number of ether oxygens (including phenoxy) is 1. The van der Waals surface area contributed by atoms with E-state index in [1.165, 1.54) is 0 Å². The summed E-state index contributed by atoms with van der Waals surface area (Å²) in [6.45, 7) is 11.3. The van der Waals surface area contributed by atoms with Gasteiger partial charge in [-0.05, 0) is 23.8 Å². The van der Waals surface area contributed by atoms with Gasteiger partial charge < -0.3 is 10.1 Å². The highest BCUT2D eigenvalue weighted by Gasteiger charge is 2.64. The number of methoxy groups -OCH3 is 1. The van der Waals surface area contributed by atoms with E-state index in [1.54, 1.807) is 7.11 Å². The molecule has 0 spiro atoms. The average molecular weight is 185 g/mol. The van der Waals surface area contributed by atoms with Gasteiger partial charge in [-0.2, -0.15) is 0 Å². The highest BCUT2D eigenvalue weighted by molar-refractivity contribution is 5.17. The SMILES string of the molecule is COCCCNC1C(C)(C)C1(C)C. The van der Waals surface area contributed by atoms with Crippen molar-refractivity contribution in [3.8, 4) is 0 Å². The lowest BCUT2D eigenvalue weighted by molar-refractivity contribution is 0.193. The molecular formula is C11H23NO. The van der Waals surface area contributed by atoms with E-state index in [9.17, 15) is 0 Å². The molecule has 1 aliphatic carbocycles. The van der Waals surface area contributed by atoms with Gasteiger partial charge in [0.05, 0.1) is 0 Å². The Labute approximate surface area is 82.0 Å². The second kappa shape index (κ2) is 3.58. The van der Waals surface area contributed by atoms with Crippen molar-refractivity contribution < 1.29 is 4.74 Å². The highest BCUT2D eigenvalue weighted by atomic mass is 16.5. The monoisotopic (exact) mass is 185 g/mol. The van der Waals surface area contributed by atoms with Crippen LogP contribution in [0.2, 0.25) is 0 Å². The van der Waals surface area contributed by atoms with Crippen molar-refractivity contribution >= 4 is 0 Å². The fourth-order valence-electron chi connectivity index (χ4n) is 2.17. The molecule has 0 radical (unpaired) electrons. The Morgan fingerprint density at radius 3 is 2.08 bits per heavy atom. The Kier molecular flexibility index (Phi) is 3.03. The molecule has 0 bridgehead atoms. The van der Waals surface area contributed by atoms with Crippen LogP contribution in [-0.4, -0.2) is 26.3 Å². The molecule has 1 N–H and O–H groups in total. The van der Waals surface area contributed by atoms with Gasteiger partial charge >= 0.3 is 0 Å². The lowest BCUT2D eigenvalue weighted by Gasteiger charge is -2.05. The Morgan fingerprint density at radius 2 is 1.69 bits per heavy atom. The van der Waals surface area contributed by atoms with Gasteiger partial charge in [0.1, 0.15) is 0 Å². The summed E-state index contributed by atoms with van der Waals surface area (Å²) in [5.41, 5.74) is 0.917. The van der Waals surface area contributed by atoms with Gasteiger partial charge in [0.25, 0.3) is 0 Å². The number of hydrogen-bond acceptors (Lipinski definition) is 2. The Hall–Kier alpha value is -0.0800. The number of nitrogens with one attached hydrogen (secondary N) is 1. The summed E-state index contributed by atoms with van der Waals surface area (Å²) in [6.07, 6.45) is 1.11. The lowest BCUT2D eigenvalue weighted by atomic mass is 10.0. The molecule has 1 fully saturated rings. The first-order valence-corrected chi connectivity index (χ1v) is 5.17. The van der Waals surface area contributed by atoms with Crippen LogP contribution in [0.3, 0.4) is 0 Å². The molecule has 0 aromatic heterocycles. The normalized spacial score (nSPS) is 24.7. The topological polar surface area (TPSA) is 21.3 Å². The minimum Gasteiger partial charge on any atom is -0.385 e. The standard InChI is InChI=1S/C11H23NO/c1-10(2)9(11(10,3)4)12-7-6-8-13-5/h9,12H,6-8H2,1-5H3. The van der Waals surface area contributed by atoms with Crippen LogP contribution in [-0.2, 0) is 4.74 Å². The minimum atomic E-state index is 0.458. The molecule has 0 amide bonds. The minimum absolute atomic E-state index is 0.458. The highest BCUT2D eigenvalue weighted by Crippen LogP contribution is 2.62. The molecular weight excluding hydrogens is 162 g/mol. The predicted octanol–water partition coefficient (Wildman–Crippen LogP) is 2.05. The van der Waals surface area contributed by atoms with Crippen LogP contribution in [0.15, 0.2) is 0 Å². The van der Waals surface area contributed by atoms with Gasteiger partial charge in [0.15, 0.2) is 0 Å². The molecule has 78 valence electrons. The smallest absolute Gasteiger partial charge is 0.0474 e. The quantitative estimate of drug-likeness (QED) is 0.662. The van der Waals surface area contributed by atoms with Crippen molar-refractivity contribution in [2.24, 2.45) is 10.8 Å². The summed E-state index contributed by atoms with van der Waals surface area (Å²) in [5.74, 6) is 0. The molecule has 0 heterocycles. The zero-order valence-corrected chi connectivity index (χ0v) is 9.61. The lowest BCUT2D eigenvalue weighted by Crippen LogP contribution is -2.24. The zero-order valence-electron chi connectivity index (χ0n) is 9.61. The fourth-order valence-corrected chi connectivity index (χ4v) is 2.17. The first-order chi connectivity index (χ1) is 5.94. The van der Waals surface area contributed by atoms with Crippen molar-refractivity contribution in [2.75, 3.05) is 20.3 Å². The molecule has 1 saturated carbocycles. The summed E-state index contributed by atoms with van der Waals surface area (Å²) >= 11 is 0. The largest absolute Gasteiger partial charge is 0.385 e. The average Bonchev–Trinajstić information content (AvgIpc) is 2.39. The second-order valence-corrected chi connectivity index (χ2v) is 5.18. The Bertz CT molecular complexity index is 161. The summed E-state index contributed by atoms with van der Waals surface area (Å²) < 4.78 is 5.01. The number of rotatable bonds is 5. The molecule has 0 unspecified atom stereocenters. The van der Waals surface area contributed by atoms with Crippen molar-refractivity contribution in [3.63, 3.8) is 0 Å². The van der Waals surface area contributed by atoms with Crippen LogP contribution in [0, 0.1) is 10.8 Å². The van der Waals surface area contributed by atoms with Crippen LogP contribution in [0.4, 0.5) is 0 Å². The van der Waals surface area contributed by atoms with Gasteiger partial charge in [-0.25, -0.2) is 0 Å². The van der Waals surface area contributed by atoms with E-state index in [4.69, 9.17) is 4.74 Å². The molecule has 0 aliphatic heterocycles. The van der Waals surface area contributed by atoms with E-state index in [2.05, 4.69) is 33.0 Å². The molecule has 13 heavy (non-hydrogen) atoms. The van der Waals surface area contributed by atoms with Gasteiger partial charge in [-0.1, -0.05) is 27.7 Å². The summed E-state index contributed by atoms with van der Waals surface area (Å²) in [5, 5.41) is 3.59. The van der Waals surface area contributed by atoms with E-state index in [-0.39, 0.29) is 0 Å². The third kappa shape index (κ3) is 1.89. The summed E-state index contributed by atoms with van der Waals surface area (Å²) in [7, 11) is 1.75. The Morgan fingerprint density at radius 1 is 1.15 bits per heavy atom. The second-order valence-electron chi connectivity index (χ2n) is 5.18. The summed E-state index contributed by atoms with van der Waals surface area (Å²) in [6, 6.07) is 0.678. The molecule has 1 aliphatic rings. The molecule has 2 heteroatoms. The first kappa shape index (κ1) is 11.0.